The molecule has 2 saturated heterocycles. The number of piperidine rings is 1. The summed E-state index contributed by atoms with van der Waals surface area (Å²) >= 11 is 0. The molecule has 360 valence electrons. The van der Waals surface area contributed by atoms with Gasteiger partial charge in [-0.25, -0.2) is 4.79 Å². The Morgan fingerprint density at radius 1 is 0.844 bits per heavy atom. The maximum atomic E-state index is 14.3. The normalized spacial score (nSPS) is 39.5. The Labute approximate surface area is 380 Å². The van der Waals surface area contributed by atoms with E-state index in [2.05, 4.69) is 0 Å². The molecule has 64 heavy (non-hydrogen) atoms. The zero-order chi connectivity index (χ0) is 47.5. The Kier molecular flexibility index (Phi) is 20.3. The maximum absolute atomic E-state index is 14.3. The highest BCUT2D eigenvalue weighted by Crippen LogP contribution is 2.37. The average molecular weight is 900 g/mol. The van der Waals surface area contributed by atoms with E-state index in [-0.39, 0.29) is 42.8 Å². The molecule has 0 spiro atoms. The Balaban J connectivity index is 1.70. The van der Waals surface area contributed by atoms with Crippen LogP contribution in [0.5, 0.6) is 0 Å². The minimum absolute atomic E-state index is 0.0134. The lowest BCUT2D eigenvalue weighted by Crippen LogP contribution is -2.61. The van der Waals surface area contributed by atoms with Crippen LogP contribution >= 0.6 is 0 Å². The highest BCUT2D eigenvalue weighted by molar-refractivity contribution is 6.39. The summed E-state index contributed by atoms with van der Waals surface area (Å²) in [6.45, 7) is 12.6. The monoisotopic (exact) mass is 900 g/mol. The second-order valence-electron chi connectivity index (χ2n) is 19.4. The first-order chi connectivity index (χ1) is 30.2. The van der Waals surface area contributed by atoms with Crippen LogP contribution in [0.2, 0.25) is 0 Å². The number of aliphatic hydroxyl groups excluding tert-OH is 3. The van der Waals surface area contributed by atoms with Gasteiger partial charge in [0.2, 0.25) is 5.79 Å². The molecule has 4 N–H and O–H groups in total. The van der Waals surface area contributed by atoms with Gasteiger partial charge in [0.05, 0.1) is 24.4 Å². The van der Waals surface area contributed by atoms with Crippen LogP contribution in [0.3, 0.4) is 0 Å². The summed E-state index contributed by atoms with van der Waals surface area (Å²) in [6, 6.07) is -1.16. The third kappa shape index (κ3) is 13.8. The molecule has 3 aliphatic heterocycles. The average Bonchev–Trinajstić information content (AvgIpc) is 3.26. The second-order valence-corrected chi connectivity index (χ2v) is 19.4. The first kappa shape index (κ1) is 53.2. The number of methoxy groups -OCH3 is 2. The lowest BCUT2D eigenvalue weighted by Gasteiger charge is -2.42. The number of fused-ring (bicyclic) bond motifs is 3. The number of ketones is 3. The quantitative estimate of drug-likeness (QED) is 0.153. The van der Waals surface area contributed by atoms with Gasteiger partial charge in [-0.05, 0) is 107 Å². The number of rotatable bonds is 5. The number of hydrogen-bond acceptors (Lipinski definition) is 13. The molecule has 0 radical (unpaired) electrons. The van der Waals surface area contributed by atoms with Gasteiger partial charge >= 0.3 is 5.97 Å². The fraction of sp³-hybridized carbons (Fsp3) is 0.740. The van der Waals surface area contributed by atoms with E-state index in [1.807, 2.05) is 51.2 Å². The van der Waals surface area contributed by atoms with E-state index >= 15 is 0 Å². The molecule has 2 bridgehead atoms. The molecule has 0 aromatic heterocycles. The van der Waals surface area contributed by atoms with Gasteiger partial charge in [-0.1, -0.05) is 71.1 Å². The predicted molar refractivity (Wildman–Crippen MR) is 240 cm³/mol. The van der Waals surface area contributed by atoms with E-state index < -0.39 is 95.9 Å². The number of carbonyl (C=O) groups is 5. The number of Topliss-reactive ketones (excluding diaryl/α,β-unsaturated/α-hetero) is 3. The minimum atomic E-state index is -2.44. The molecule has 1 saturated carbocycles. The van der Waals surface area contributed by atoms with Crippen LogP contribution in [0.15, 0.2) is 47.6 Å². The Morgan fingerprint density at radius 3 is 2.23 bits per heavy atom. The molecule has 1 aliphatic carbocycles. The van der Waals surface area contributed by atoms with Gasteiger partial charge in [-0.15, -0.1) is 0 Å². The van der Waals surface area contributed by atoms with Gasteiger partial charge in [-0.3, -0.25) is 19.2 Å². The van der Waals surface area contributed by atoms with Gasteiger partial charge in [-0.2, -0.15) is 0 Å². The van der Waals surface area contributed by atoms with Crippen molar-refractivity contribution in [3.63, 3.8) is 0 Å². The fourth-order valence-corrected chi connectivity index (χ4v) is 9.88. The third-order valence-corrected chi connectivity index (χ3v) is 14.2. The highest BCUT2D eigenvalue weighted by atomic mass is 16.6. The van der Waals surface area contributed by atoms with Crippen molar-refractivity contribution in [1.82, 2.24) is 4.90 Å². The van der Waals surface area contributed by atoms with Crippen molar-refractivity contribution in [2.75, 3.05) is 20.8 Å². The van der Waals surface area contributed by atoms with Crippen LogP contribution in [-0.2, 0) is 42.9 Å². The minimum Gasteiger partial charge on any atom is -0.460 e. The summed E-state index contributed by atoms with van der Waals surface area (Å²) in [5, 5.41) is 43.9. The van der Waals surface area contributed by atoms with Crippen LogP contribution in [0, 0.1) is 35.5 Å². The Morgan fingerprint density at radius 2 is 1.56 bits per heavy atom. The molecule has 4 rings (SSSR count). The van der Waals surface area contributed by atoms with E-state index in [0.717, 1.165) is 5.57 Å². The van der Waals surface area contributed by atoms with Crippen molar-refractivity contribution >= 4 is 29.2 Å². The molecule has 3 heterocycles. The summed E-state index contributed by atoms with van der Waals surface area (Å²) in [4.78, 5) is 71.5. The molecule has 14 nitrogen and oxygen atoms in total. The summed E-state index contributed by atoms with van der Waals surface area (Å²) in [5.41, 5.74) is 1.24. The molecule has 4 aliphatic rings. The fourth-order valence-electron chi connectivity index (χ4n) is 9.88. The van der Waals surface area contributed by atoms with Crippen LogP contribution < -0.4 is 0 Å². The number of carbonyl (C=O) groups excluding carboxylic acids is 5. The molecule has 1 amide bonds. The topological polar surface area (TPSA) is 206 Å². The smallest absolute Gasteiger partial charge is 0.329 e. The third-order valence-electron chi connectivity index (χ3n) is 14.2. The molecule has 15 atom stereocenters. The maximum Gasteiger partial charge on any atom is 0.329 e. The van der Waals surface area contributed by atoms with Crippen LogP contribution in [-0.4, -0.2) is 130 Å². The van der Waals surface area contributed by atoms with E-state index in [0.29, 0.717) is 69.8 Å². The number of aliphatic hydroxyl groups is 4. The van der Waals surface area contributed by atoms with E-state index in [1.54, 1.807) is 40.9 Å². The highest BCUT2D eigenvalue weighted by Gasteiger charge is 2.53. The number of esters is 1. The second kappa shape index (κ2) is 24.4. The lowest BCUT2D eigenvalue weighted by molar-refractivity contribution is -0.265. The SMILES string of the molecule is CO[C@H]1C[C@@H]2CC[C@@H](C)[C@@](O)(O2)C(=O)C(=O)N2CCCC[C@H]2C(=O)O[C@H]([C@H](C)CC2CC[C@@H](O)[C@H](O)C2)CC(=O)[C@H](C)/C=C(\C)[C@@H](O)[C@@H](OC)C(=O)[C@H](C)C[C@H](C)/C=C/C=CC=C1C. The zero-order valence-corrected chi connectivity index (χ0v) is 39.6. The number of allylic oxidation sites excluding steroid dienone is 6. The van der Waals surface area contributed by atoms with Gasteiger partial charge in [0, 0.05) is 51.4 Å². The first-order valence-electron chi connectivity index (χ1n) is 23.5. The van der Waals surface area contributed by atoms with E-state index in [9.17, 15) is 44.4 Å². The molecule has 3 fully saturated rings. The largest absolute Gasteiger partial charge is 0.460 e. The molecule has 14 heteroatoms. The Bertz CT molecular complexity index is 1740. The van der Waals surface area contributed by atoms with Crippen molar-refractivity contribution in [2.24, 2.45) is 35.5 Å². The summed E-state index contributed by atoms with van der Waals surface area (Å²) < 4.78 is 23.7. The van der Waals surface area contributed by atoms with Crippen molar-refractivity contribution in [2.45, 2.75) is 180 Å². The standard InChI is InChI=1S/C50H77NO13/c1-29-15-11-10-12-16-30(2)42(61-8)27-37-20-18-35(7)50(60,64-37)47(57)48(58)51-22-14-13-17-38(51)49(59)63-43(32(4)25-36-19-21-39(52)41(54)26-36)28-40(53)31(3)24-34(6)45(56)46(62-9)44(55)33(5)23-29/h10-12,15-16,24,29,31-33,35-39,41-43,45-46,52,54,56,60H,13-14,17-23,25-28H2,1-9H3/b12-10?,15-11+,30-16?,34-24+/t29-,31-,32-,33-,35-,36?,37+,38+,39-,41-,42+,43+,45-,46+,50-/m1/s1. The lowest BCUT2D eigenvalue weighted by atomic mass is 9.78. The molecular formula is C50H77NO13. The number of nitrogens with zero attached hydrogens (tertiary/aromatic N) is 1. The van der Waals surface area contributed by atoms with Crippen molar-refractivity contribution < 1.29 is 63.3 Å². The summed E-state index contributed by atoms with van der Waals surface area (Å²) in [6.07, 6.45) is 9.61. The Hall–Kier alpha value is -3.37. The number of cyclic esters (lactones) is 1. The van der Waals surface area contributed by atoms with Gasteiger partial charge < -0.3 is 44.3 Å². The molecule has 0 aromatic rings. The summed E-state index contributed by atoms with van der Waals surface area (Å²) in [5.74, 6) is -8.29. The van der Waals surface area contributed by atoms with Crippen LogP contribution in [0.25, 0.3) is 0 Å². The molecule has 0 aromatic carbocycles. The van der Waals surface area contributed by atoms with Gasteiger partial charge in [0.1, 0.15) is 30.1 Å². The zero-order valence-electron chi connectivity index (χ0n) is 39.6. The number of amides is 1. The van der Waals surface area contributed by atoms with Gasteiger partial charge in [0.25, 0.3) is 11.7 Å². The van der Waals surface area contributed by atoms with Crippen LogP contribution in [0.4, 0.5) is 0 Å². The van der Waals surface area contributed by atoms with Crippen LogP contribution in [0.1, 0.15) is 126 Å². The van der Waals surface area contributed by atoms with E-state index in [4.69, 9.17) is 18.9 Å². The van der Waals surface area contributed by atoms with Crippen molar-refractivity contribution in [3.8, 4) is 0 Å². The summed E-state index contributed by atoms with van der Waals surface area (Å²) in [7, 11) is 2.94. The van der Waals surface area contributed by atoms with Crippen molar-refractivity contribution in [3.05, 3.63) is 47.6 Å². The predicted octanol–water partition coefficient (Wildman–Crippen LogP) is 5.53. The van der Waals surface area contributed by atoms with Gasteiger partial charge in [0.15, 0.2) is 5.78 Å². The first-order valence-corrected chi connectivity index (χ1v) is 23.5. The number of ether oxygens (including phenoxy) is 4. The molecule has 1 unspecified atom stereocenters. The van der Waals surface area contributed by atoms with Crippen molar-refractivity contribution in [1.29, 1.82) is 0 Å². The van der Waals surface area contributed by atoms with E-state index in [1.165, 1.54) is 12.0 Å². The number of hydrogen-bond donors (Lipinski definition) is 4. The molecular weight excluding hydrogens is 823 g/mol.